The van der Waals surface area contributed by atoms with Gasteiger partial charge in [-0.25, -0.2) is 0 Å². The Kier molecular flexibility index (Phi) is 8.93. The van der Waals surface area contributed by atoms with Gasteiger partial charge in [-0.1, -0.05) is 62.1 Å². The van der Waals surface area contributed by atoms with Crippen LogP contribution in [0, 0.1) is 20.8 Å². The van der Waals surface area contributed by atoms with Crippen molar-refractivity contribution in [1.82, 2.24) is 10.2 Å². The van der Waals surface area contributed by atoms with Gasteiger partial charge >= 0.3 is 0 Å². The van der Waals surface area contributed by atoms with Gasteiger partial charge in [-0.05, 0) is 68.9 Å². The lowest BCUT2D eigenvalue weighted by molar-refractivity contribution is -0.143. The number of nitrogens with one attached hydrogen (secondary N) is 1. The van der Waals surface area contributed by atoms with Crippen LogP contribution in [0.4, 0.5) is 0 Å². The number of carbonyl (C=O) groups is 2. The molecule has 3 rings (SSSR count). The Labute approximate surface area is 198 Å². The van der Waals surface area contributed by atoms with Crippen molar-refractivity contribution in [3.8, 4) is 5.75 Å². The SMILES string of the molecule is CCC(C(=O)NC1CCCCC1)N(Cc1ccc(C)cc1)C(=O)COc1cc(C)cc(C)c1. The zero-order valence-corrected chi connectivity index (χ0v) is 20.5. The largest absolute Gasteiger partial charge is 0.484 e. The zero-order chi connectivity index (χ0) is 23.8. The first-order valence-corrected chi connectivity index (χ1v) is 12.2. The Morgan fingerprint density at radius 3 is 2.21 bits per heavy atom. The van der Waals surface area contributed by atoms with Gasteiger partial charge in [0, 0.05) is 12.6 Å². The fourth-order valence-electron chi connectivity index (χ4n) is 4.60. The van der Waals surface area contributed by atoms with Gasteiger partial charge in [0.1, 0.15) is 11.8 Å². The van der Waals surface area contributed by atoms with Crippen molar-refractivity contribution in [3.63, 3.8) is 0 Å². The monoisotopic (exact) mass is 450 g/mol. The van der Waals surface area contributed by atoms with Gasteiger partial charge in [-0.2, -0.15) is 0 Å². The highest BCUT2D eigenvalue weighted by Gasteiger charge is 2.30. The smallest absolute Gasteiger partial charge is 0.261 e. The first kappa shape index (κ1) is 24.8. The number of nitrogens with zero attached hydrogens (tertiary/aromatic N) is 1. The summed E-state index contributed by atoms with van der Waals surface area (Å²) in [6, 6.07) is 13.7. The molecule has 1 fully saturated rings. The number of amides is 2. The van der Waals surface area contributed by atoms with Gasteiger partial charge in [0.05, 0.1) is 0 Å². The lowest BCUT2D eigenvalue weighted by Crippen LogP contribution is -2.52. The Morgan fingerprint density at radius 2 is 1.61 bits per heavy atom. The minimum atomic E-state index is -0.524. The van der Waals surface area contributed by atoms with Crippen LogP contribution in [0.15, 0.2) is 42.5 Å². The summed E-state index contributed by atoms with van der Waals surface area (Å²) >= 11 is 0. The summed E-state index contributed by atoms with van der Waals surface area (Å²) < 4.78 is 5.87. The summed E-state index contributed by atoms with van der Waals surface area (Å²) in [6.07, 6.45) is 6.12. The zero-order valence-electron chi connectivity index (χ0n) is 20.5. The summed E-state index contributed by atoms with van der Waals surface area (Å²) in [6.45, 7) is 8.30. The Morgan fingerprint density at radius 1 is 0.970 bits per heavy atom. The van der Waals surface area contributed by atoms with Crippen LogP contribution in [0.3, 0.4) is 0 Å². The maximum Gasteiger partial charge on any atom is 0.261 e. The van der Waals surface area contributed by atoms with E-state index < -0.39 is 6.04 Å². The first-order valence-electron chi connectivity index (χ1n) is 12.2. The highest BCUT2D eigenvalue weighted by atomic mass is 16.5. The van der Waals surface area contributed by atoms with Crippen LogP contribution in [-0.4, -0.2) is 35.4 Å². The molecule has 1 N–H and O–H groups in total. The van der Waals surface area contributed by atoms with Crippen LogP contribution in [0.1, 0.15) is 67.7 Å². The average molecular weight is 451 g/mol. The van der Waals surface area contributed by atoms with Gasteiger partial charge in [-0.3, -0.25) is 9.59 Å². The Bertz CT molecular complexity index is 912. The summed E-state index contributed by atoms with van der Waals surface area (Å²) in [5.74, 6) is 0.437. The number of aryl methyl sites for hydroxylation is 3. The maximum atomic E-state index is 13.4. The van der Waals surface area contributed by atoms with Gasteiger partial charge in [0.25, 0.3) is 5.91 Å². The van der Waals surface area contributed by atoms with Gasteiger partial charge < -0.3 is 15.0 Å². The normalized spacial score (nSPS) is 15.0. The average Bonchev–Trinajstić information content (AvgIpc) is 2.78. The number of rotatable bonds is 9. The van der Waals surface area contributed by atoms with Crippen molar-refractivity contribution < 1.29 is 14.3 Å². The molecule has 0 aromatic heterocycles. The van der Waals surface area contributed by atoms with Crippen LogP contribution < -0.4 is 10.1 Å². The van der Waals surface area contributed by atoms with E-state index in [9.17, 15) is 9.59 Å². The molecule has 0 radical (unpaired) electrons. The van der Waals surface area contributed by atoms with Crippen molar-refractivity contribution >= 4 is 11.8 Å². The molecule has 1 unspecified atom stereocenters. The van der Waals surface area contributed by atoms with E-state index in [1.807, 2.05) is 64.1 Å². The first-order chi connectivity index (χ1) is 15.9. The van der Waals surface area contributed by atoms with Gasteiger partial charge in [-0.15, -0.1) is 0 Å². The fourth-order valence-corrected chi connectivity index (χ4v) is 4.60. The van der Waals surface area contributed by atoms with Crippen LogP contribution >= 0.6 is 0 Å². The standard InChI is InChI=1S/C28H38N2O3/c1-5-26(28(32)29-24-9-7-6-8-10-24)30(18-23-13-11-20(2)12-14-23)27(31)19-33-25-16-21(3)15-22(4)17-25/h11-17,24,26H,5-10,18-19H2,1-4H3,(H,29,32). The number of carbonyl (C=O) groups excluding carboxylic acids is 2. The van der Waals surface area contributed by atoms with Crippen LogP contribution in [0.2, 0.25) is 0 Å². The molecule has 1 atom stereocenters. The molecule has 2 amide bonds. The molecule has 0 saturated heterocycles. The van der Waals surface area contributed by atoms with Gasteiger partial charge in [0.2, 0.25) is 5.91 Å². The van der Waals surface area contributed by atoms with Crippen LogP contribution in [0.25, 0.3) is 0 Å². The molecular weight excluding hydrogens is 412 g/mol. The molecule has 5 nitrogen and oxygen atoms in total. The third-order valence-corrected chi connectivity index (χ3v) is 6.37. The van der Waals surface area contributed by atoms with E-state index in [0.717, 1.165) is 47.9 Å². The second kappa shape index (κ2) is 11.9. The summed E-state index contributed by atoms with van der Waals surface area (Å²) in [7, 11) is 0. The van der Waals surface area contributed by atoms with E-state index in [2.05, 4.69) is 11.4 Å². The molecule has 2 aromatic carbocycles. The lowest BCUT2D eigenvalue weighted by Gasteiger charge is -2.32. The van der Waals surface area contributed by atoms with E-state index in [1.165, 1.54) is 6.42 Å². The molecule has 1 saturated carbocycles. The maximum absolute atomic E-state index is 13.4. The molecular formula is C28H38N2O3. The predicted molar refractivity (Wildman–Crippen MR) is 132 cm³/mol. The summed E-state index contributed by atoms with van der Waals surface area (Å²) in [4.78, 5) is 28.3. The Balaban J connectivity index is 1.76. The second-order valence-electron chi connectivity index (χ2n) is 9.39. The van der Waals surface area contributed by atoms with E-state index >= 15 is 0 Å². The van der Waals surface area contributed by atoms with Gasteiger partial charge in [0.15, 0.2) is 6.61 Å². The van der Waals surface area contributed by atoms with Crippen molar-refractivity contribution in [2.75, 3.05) is 6.61 Å². The lowest BCUT2D eigenvalue weighted by atomic mass is 9.95. The number of ether oxygens (including phenoxy) is 1. The minimum absolute atomic E-state index is 0.0590. The molecule has 5 heteroatoms. The van der Waals surface area contributed by atoms with Crippen molar-refractivity contribution in [2.45, 2.75) is 84.8 Å². The summed E-state index contributed by atoms with van der Waals surface area (Å²) in [5.41, 5.74) is 4.35. The molecule has 178 valence electrons. The molecule has 0 bridgehead atoms. The third-order valence-electron chi connectivity index (χ3n) is 6.37. The summed E-state index contributed by atoms with van der Waals surface area (Å²) in [5, 5.41) is 3.22. The van der Waals surface area contributed by atoms with E-state index in [0.29, 0.717) is 18.7 Å². The number of hydrogen-bond donors (Lipinski definition) is 1. The molecule has 0 spiro atoms. The number of benzene rings is 2. The third kappa shape index (κ3) is 7.34. The quantitative estimate of drug-likeness (QED) is 0.568. The molecule has 0 heterocycles. The predicted octanol–water partition coefficient (Wildman–Crippen LogP) is 5.25. The molecule has 33 heavy (non-hydrogen) atoms. The molecule has 1 aliphatic carbocycles. The Hall–Kier alpha value is -2.82. The van der Waals surface area contributed by atoms with E-state index in [-0.39, 0.29) is 24.5 Å². The molecule has 2 aromatic rings. The molecule has 1 aliphatic rings. The highest BCUT2D eigenvalue weighted by Crippen LogP contribution is 2.20. The van der Waals surface area contributed by atoms with Crippen molar-refractivity contribution in [2.24, 2.45) is 0 Å². The topological polar surface area (TPSA) is 58.6 Å². The van der Waals surface area contributed by atoms with Crippen molar-refractivity contribution in [3.05, 3.63) is 64.7 Å². The highest BCUT2D eigenvalue weighted by molar-refractivity contribution is 5.88. The van der Waals surface area contributed by atoms with Crippen molar-refractivity contribution in [1.29, 1.82) is 0 Å². The molecule has 0 aliphatic heterocycles. The number of hydrogen-bond acceptors (Lipinski definition) is 3. The van der Waals surface area contributed by atoms with E-state index in [1.54, 1.807) is 4.90 Å². The van der Waals surface area contributed by atoms with Crippen LogP contribution in [-0.2, 0) is 16.1 Å². The fraction of sp³-hybridized carbons (Fsp3) is 0.500. The van der Waals surface area contributed by atoms with Crippen LogP contribution in [0.5, 0.6) is 5.75 Å². The minimum Gasteiger partial charge on any atom is -0.484 e. The van der Waals surface area contributed by atoms with E-state index in [4.69, 9.17) is 4.74 Å². The second-order valence-corrected chi connectivity index (χ2v) is 9.39.